The van der Waals surface area contributed by atoms with Crippen LogP contribution in [0.3, 0.4) is 0 Å². The SMILES string of the molecule is C/C=C/Cl.C=CCCC=C. The molecule has 0 radical (unpaired) electrons. The van der Waals surface area contributed by atoms with Crippen molar-refractivity contribution in [2.45, 2.75) is 19.8 Å². The molecular weight excluding hydrogens is 144 g/mol. The fourth-order valence-corrected chi connectivity index (χ4v) is 0.236. The van der Waals surface area contributed by atoms with Crippen LogP contribution in [-0.4, -0.2) is 0 Å². The molecule has 0 amide bonds. The van der Waals surface area contributed by atoms with Gasteiger partial charge in [-0.15, -0.1) is 13.2 Å². The average molecular weight is 159 g/mol. The highest BCUT2D eigenvalue weighted by molar-refractivity contribution is 6.25. The molecule has 0 atom stereocenters. The Morgan fingerprint density at radius 2 is 1.50 bits per heavy atom. The second-order valence-electron chi connectivity index (χ2n) is 1.61. The Balaban J connectivity index is 0. The van der Waals surface area contributed by atoms with Crippen molar-refractivity contribution in [3.8, 4) is 0 Å². The molecule has 0 aliphatic rings. The molecule has 0 saturated heterocycles. The molecule has 0 aliphatic carbocycles. The Bertz CT molecular complexity index is 80.9. The number of halogens is 1. The van der Waals surface area contributed by atoms with Gasteiger partial charge in [0.1, 0.15) is 0 Å². The van der Waals surface area contributed by atoms with Crippen molar-refractivity contribution in [1.82, 2.24) is 0 Å². The van der Waals surface area contributed by atoms with E-state index in [9.17, 15) is 0 Å². The third kappa shape index (κ3) is 25.8. The van der Waals surface area contributed by atoms with Gasteiger partial charge in [-0.1, -0.05) is 29.8 Å². The van der Waals surface area contributed by atoms with E-state index in [0.29, 0.717) is 0 Å². The lowest BCUT2D eigenvalue weighted by molar-refractivity contribution is 1.06. The predicted molar refractivity (Wildman–Crippen MR) is 50.3 cm³/mol. The summed E-state index contributed by atoms with van der Waals surface area (Å²) < 4.78 is 0. The van der Waals surface area contributed by atoms with Crippen molar-refractivity contribution < 1.29 is 0 Å². The first-order chi connectivity index (χ1) is 4.83. The standard InChI is InChI=1S/C6H10.C3H5Cl/c1-3-5-6-4-2;1-2-3-4/h3-4H,1-2,5-6H2;2-3H,1H3/b;3-2+. The number of allylic oxidation sites excluding steroid dienone is 3. The first-order valence-electron chi connectivity index (χ1n) is 3.26. The lowest BCUT2D eigenvalue weighted by Crippen LogP contribution is -1.56. The summed E-state index contributed by atoms with van der Waals surface area (Å²) in [5.41, 5.74) is 1.47. The van der Waals surface area contributed by atoms with E-state index in [4.69, 9.17) is 11.6 Å². The first kappa shape index (κ1) is 12.2. The Kier molecular flexibility index (Phi) is 19.3. The third-order valence-corrected chi connectivity index (χ3v) is 0.953. The molecule has 0 heterocycles. The Morgan fingerprint density at radius 3 is 1.60 bits per heavy atom. The van der Waals surface area contributed by atoms with Crippen LogP contribution in [0.5, 0.6) is 0 Å². The molecule has 0 fully saturated rings. The summed E-state index contributed by atoms with van der Waals surface area (Å²) in [4.78, 5) is 0. The summed E-state index contributed by atoms with van der Waals surface area (Å²) in [6.07, 6.45) is 7.66. The van der Waals surface area contributed by atoms with Crippen molar-refractivity contribution in [2.24, 2.45) is 0 Å². The van der Waals surface area contributed by atoms with E-state index < -0.39 is 0 Å². The van der Waals surface area contributed by atoms with Crippen molar-refractivity contribution in [1.29, 1.82) is 0 Å². The van der Waals surface area contributed by atoms with Gasteiger partial charge in [0.2, 0.25) is 0 Å². The minimum Gasteiger partial charge on any atom is -0.103 e. The summed E-state index contributed by atoms with van der Waals surface area (Å²) in [6, 6.07) is 0. The zero-order valence-electron chi connectivity index (χ0n) is 6.52. The van der Waals surface area contributed by atoms with Gasteiger partial charge in [0, 0.05) is 0 Å². The Morgan fingerprint density at radius 1 is 1.20 bits per heavy atom. The van der Waals surface area contributed by atoms with Gasteiger partial charge < -0.3 is 0 Å². The zero-order valence-corrected chi connectivity index (χ0v) is 7.27. The molecule has 0 aliphatic heterocycles. The van der Waals surface area contributed by atoms with Crippen LogP contribution in [0.25, 0.3) is 0 Å². The molecule has 0 N–H and O–H groups in total. The quantitative estimate of drug-likeness (QED) is 0.432. The lowest BCUT2D eigenvalue weighted by Gasteiger charge is -1.76. The Hall–Kier alpha value is -0.490. The number of unbranched alkanes of at least 4 members (excludes halogenated alkanes) is 1. The topological polar surface area (TPSA) is 0 Å². The van der Waals surface area contributed by atoms with Gasteiger partial charge in [0.05, 0.1) is 0 Å². The van der Waals surface area contributed by atoms with Crippen LogP contribution in [0, 0.1) is 0 Å². The highest BCUT2D eigenvalue weighted by Gasteiger charge is 1.66. The monoisotopic (exact) mass is 158 g/mol. The van der Waals surface area contributed by atoms with Gasteiger partial charge in [-0.3, -0.25) is 0 Å². The molecule has 0 aromatic heterocycles. The van der Waals surface area contributed by atoms with Crippen molar-refractivity contribution in [3.63, 3.8) is 0 Å². The van der Waals surface area contributed by atoms with Crippen LogP contribution >= 0.6 is 11.6 Å². The molecule has 0 bridgehead atoms. The largest absolute Gasteiger partial charge is 0.103 e. The number of hydrogen-bond donors (Lipinski definition) is 0. The van der Waals surface area contributed by atoms with E-state index in [1.807, 2.05) is 19.1 Å². The summed E-state index contributed by atoms with van der Waals surface area (Å²) in [5.74, 6) is 0. The molecule has 0 saturated carbocycles. The molecular formula is C9H15Cl. The highest BCUT2D eigenvalue weighted by atomic mass is 35.5. The average Bonchev–Trinajstić information content (AvgIpc) is 2.01. The molecule has 0 aromatic carbocycles. The minimum atomic E-state index is 1.06. The third-order valence-electron chi connectivity index (χ3n) is 0.701. The van der Waals surface area contributed by atoms with E-state index in [1.54, 1.807) is 6.08 Å². The van der Waals surface area contributed by atoms with Gasteiger partial charge in [-0.2, -0.15) is 0 Å². The highest BCUT2D eigenvalue weighted by Crippen LogP contribution is 1.86. The predicted octanol–water partition coefficient (Wildman–Crippen LogP) is 3.90. The van der Waals surface area contributed by atoms with Gasteiger partial charge in [-0.25, -0.2) is 0 Å². The van der Waals surface area contributed by atoms with E-state index in [1.165, 1.54) is 5.54 Å². The van der Waals surface area contributed by atoms with E-state index in [-0.39, 0.29) is 0 Å². The Labute approximate surface area is 68.9 Å². The van der Waals surface area contributed by atoms with Gasteiger partial charge >= 0.3 is 0 Å². The van der Waals surface area contributed by atoms with Crippen LogP contribution in [0.15, 0.2) is 36.9 Å². The van der Waals surface area contributed by atoms with Crippen LogP contribution in [0.4, 0.5) is 0 Å². The molecule has 0 rings (SSSR count). The van der Waals surface area contributed by atoms with Crippen LogP contribution in [-0.2, 0) is 0 Å². The van der Waals surface area contributed by atoms with Crippen molar-refractivity contribution in [2.75, 3.05) is 0 Å². The fraction of sp³-hybridized carbons (Fsp3) is 0.333. The second kappa shape index (κ2) is 15.8. The number of hydrogen-bond acceptors (Lipinski definition) is 0. The van der Waals surface area contributed by atoms with Gasteiger partial charge in [-0.05, 0) is 25.3 Å². The fourth-order valence-electron chi connectivity index (χ4n) is 0.236. The summed E-state index contributed by atoms with van der Waals surface area (Å²) >= 11 is 5.01. The smallest absolute Gasteiger partial charge is 0.0000330 e. The van der Waals surface area contributed by atoms with Crippen LogP contribution in [0.2, 0.25) is 0 Å². The molecule has 0 nitrogen and oxygen atoms in total. The summed E-state index contributed by atoms with van der Waals surface area (Å²) in [7, 11) is 0. The molecule has 58 valence electrons. The van der Waals surface area contributed by atoms with Crippen molar-refractivity contribution in [3.05, 3.63) is 36.9 Å². The maximum atomic E-state index is 5.01. The zero-order chi connectivity index (χ0) is 8.24. The summed E-state index contributed by atoms with van der Waals surface area (Å²) in [6.45, 7) is 8.97. The van der Waals surface area contributed by atoms with E-state index in [0.717, 1.165) is 12.8 Å². The van der Waals surface area contributed by atoms with Crippen LogP contribution in [0.1, 0.15) is 19.8 Å². The molecule has 1 heteroatoms. The van der Waals surface area contributed by atoms with Crippen molar-refractivity contribution >= 4 is 11.6 Å². The van der Waals surface area contributed by atoms with E-state index in [2.05, 4.69) is 13.2 Å². The van der Waals surface area contributed by atoms with Gasteiger partial charge in [0.25, 0.3) is 0 Å². The number of rotatable bonds is 3. The molecule has 0 unspecified atom stereocenters. The van der Waals surface area contributed by atoms with Gasteiger partial charge in [0.15, 0.2) is 0 Å². The van der Waals surface area contributed by atoms with Crippen LogP contribution < -0.4 is 0 Å². The van der Waals surface area contributed by atoms with E-state index >= 15 is 0 Å². The maximum absolute atomic E-state index is 5.01. The maximum Gasteiger partial charge on any atom is -0.0000330 e. The lowest BCUT2D eigenvalue weighted by atomic mass is 10.3. The normalized spacial score (nSPS) is 8.20. The molecule has 10 heavy (non-hydrogen) atoms. The molecule has 0 aromatic rings. The second-order valence-corrected chi connectivity index (χ2v) is 1.87. The first-order valence-corrected chi connectivity index (χ1v) is 3.70. The summed E-state index contributed by atoms with van der Waals surface area (Å²) in [5, 5.41) is 0. The minimum absolute atomic E-state index is 1.06. The molecule has 0 spiro atoms.